The average Bonchev–Trinajstić information content (AvgIpc) is 1.79. The lowest BCUT2D eigenvalue weighted by atomic mass is 9.91. The number of rotatable bonds is 0. The summed E-state index contributed by atoms with van der Waals surface area (Å²) in [4.78, 5) is 1.02. The standard InChI is InChI=1S/C7H13NS/c1-5-4-6(9)8-7(5,2)3/h5H,4H2,1-3H3,(H,8,9). The van der Waals surface area contributed by atoms with E-state index in [0.717, 1.165) is 11.4 Å². The molecule has 0 radical (unpaired) electrons. The van der Waals surface area contributed by atoms with E-state index in [1.54, 1.807) is 0 Å². The lowest BCUT2D eigenvalue weighted by Crippen LogP contribution is -2.38. The van der Waals surface area contributed by atoms with Crippen LogP contribution in [-0.4, -0.2) is 10.5 Å². The van der Waals surface area contributed by atoms with Gasteiger partial charge >= 0.3 is 0 Å². The van der Waals surface area contributed by atoms with Crippen LogP contribution in [0.15, 0.2) is 0 Å². The molecule has 0 saturated carbocycles. The Hall–Kier alpha value is -0.110. The summed E-state index contributed by atoms with van der Waals surface area (Å²) in [6.45, 7) is 6.61. The topological polar surface area (TPSA) is 12.0 Å². The van der Waals surface area contributed by atoms with Crippen LogP contribution in [0, 0.1) is 5.92 Å². The van der Waals surface area contributed by atoms with E-state index in [4.69, 9.17) is 12.2 Å². The maximum atomic E-state index is 5.03. The zero-order chi connectivity index (χ0) is 7.07. The number of nitrogens with one attached hydrogen (secondary N) is 1. The minimum atomic E-state index is 0.233. The molecule has 0 amide bonds. The molecule has 0 aromatic rings. The molecule has 1 aliphatic heterocycles. The highest BCUT2D eigenvalue weighted by molar-refractivity contribution is 7.80. The third-order valence-electron chi connectivity index (χ3n) is 2.19. The molecule has 0 aromatic carbocycles. The molecule has 1 fully saturated rings. The van der Waals surface area contributed by atoms with Crippen LogP contribution in [0.3, 0.4) is 0 Å². The van der Waals surface area contributed by atoms with Gasteiger partial charge in [-0.05, 0) is 19.8 Å². The van der Waals surface area contributed by atoms with Crippen molar-refractivity contribution in [2.24, 2.45) is 5.92 Å². The molecular formula is C7H13NS. The zero-order valence-electron chi connectivity index (χ0n) is 6.19. The van der Waals surface area contributed by atoms with E-state index in [2.05, 4.69) is 26.1 Å². The summed E-state index contributed by atoms with van der Waals surface area (Å²) in [5.74, 6) is 0.685. The van der Waals surface area contributed by atoms with Gasteiger partial charge < -0.3 is 5.32 Å². The van der Waals surface area contributed by atoms with E-state index < -0.39 is 0 Å². The molecule has 1 nitrogen and oxygen atoms in total. The summed E-state index contributed by atoms with van der Waals surface area (Å²) in [6.07, 6.45) is 1.06. The fourth-order valence-corrected chi connectivity index (χ4v) is 1.58. The molecule has 0 bridgehead atoms. The molecule has 0 aromatic heterocycles. The Bertz CT molecular complexity index is 140. The van der Waals surface area contributed by atoms with Gasteiger partial charge in [0.15, 0.2) is 0 Å². The average molecular weight is 143 g/mol. The summed E-state index contributed by atoms with van der Waals surface area (Å²) in [5.41, 5.74) is 0.233. The highest BCUT2D eigenvalue weighted by Crippen LogP contribution is 2.26. The Morgan fingerprint density at radius 3 is 2.33 bits per heavy atom. The molecule has 1 rings (SSSR count). The van der Waals surface area contributed by atoms with E-state index in [-0.39, 0.29) is 5.54 Å². The van der Waals surface area contributed by atoms with Crippen LogP contribution < -0.4 is 5.32 Å². The van der Waals surface area contributed by atoms with Gasteiger partial charge in [-0.3, -0.25) is 0 Å². The molecule has 0 aliphatic carbocycles. The minimum Gasteiger partial charge on any atom is -0.374 e. The fraction of sp³-hybridized carbons (Fsp3) is 0.857. The molecule has 1 heterocycles. The smallest absolute Gasteiger partial charge is 0.0761 e. The quantitative estimate of drug-likeness (QED) is 0.518. The number of thiocarbonyl (C=S) groups is 1. The summed E-state index contributed by atoms with van der Waals surface area (Å²) >= 11 is 5.03. The third kappa shape index (κ3) is 1.23. The Labute approximate surface area is 61.8 Å². The van der Waals surface area contributed by atoms with Crippen LogP contribution in [0.2, 0.25) is 0 Å². The summed E-state index contributed by atoms with van der Waals surface area (Å²) in [6, 6.07) is 0. The van der Waals surface area contributed by atoms with Crippen molar-refractivity contribution in [2.75, 3.05) is 0 Å². The van der Waals surface area contributed by atoms with Gasteiger partial charge in [0.2, 0.25) is 0 Å². The van der Waals surface area contributed by atoms with Crippen molar-refractivity contribution in [3.05, 3.63) is 0 Å². The van der Waals surface area contributed by atoms with Gasteiger partial charge in [0.1, 0.15) is 0 Å². The molecule has 1 unspecified atom stereocenters. The molecule has 1 saturated heterocycles. The van der Waals surface area contributed by atoms with Crippen LogP contribution in [0.4, 0.5) is 0 Å². The first-order valence-electron chi connectivity index (χ1n) is 3.33. The second kappa shape index (κ2) is 1.94. The van der Waals surface area contributed by atoms with Gasteiger partial charge in [0.05, 0.1) is 4.99 Å². The monoisotopic (exact) mass is 143 g/mol. The molecule has 0 spiro atoms. The van der Waals surface area contributed by atoms with Crippen LogP contribution in [-0.2, 0) is 0 Å². The Balaban J connectivity index is 2.69. The van der Waals surface area contributed by atoms with Gasteiger partial charge in [-0.15, -0.1) is 0 Å². The Morgan fingerprint density at radius 2 is 2.22 bits per heavy atom. The number of hydrogen-bond donors (Lipinski definition) is 1. The van der Waals surface area contributed by atoms with Crippen LogP contribution in [0.5, 0.6) is 0 Å². The van der Waals surface area contributed by atoms with E-state index in [9.17, 15) is 0 Å². The lowest BCUT2D eigenvalue weighted by Gasteiger charge is -2.23. The summed E-state index contributed by atoms with van der Waals surface area (Å²) < 4.78 is 0. The van der Waals surface area contributed by atoms with Crippen LogP contribution >= 0.6 is 12.2 Å². The van der Waals surface area contributed by atoms with Gasteiger partial charge in [-0.1, -0.05) is 19.1 Å². The van der Waals surface area contributed by atoms with E-state index >= 15 is 0 Å². The second-order valence-electron chi connectivity index (χ2n) is 3.38. The van der Waals surface area contributed by atoms with E-state index in [1.807, 2.05) is 0 Å². The van der Waals surface area contributed by atoms with Crippen LogP contribution in [0.25, 0.3) is 0 Å². The molecule has 1 aliphatic rings. The van der Waals surface area contributed by atoms with Gasteiger partial charge in [0, 0.05) is 12.0 Å². The van der Waals surface area contributed by atoms with Gasteiger partial charge in [-0.25, -0.2) is 0 Å². The van der Waals surface area contributed by atoms with Crippen molar-refractivity contribution < 1.29 is 0 Å². The van der Waals surface area contributed by atoms with Crippen molar-refractivity contribution in [3.63, 3.8) is 0 Å². The van der Waals surface area contributed by atoms with Crippen molar-refractivity contribution in [3.8, 4) is 0 Å². The summed E-state index contributed by atoms with van der Waals surface area (Å²) in [7, 11) is 0. The molecule has 52 valence electrons. The first-order valence-corrected chi connectivity index (χ1v) is 3.74. The SMILES string of the molecule is CC1CC(=S)NC1(C)C. The first-order chi connectivity index (χ1) is 4.02. The van der Waals surface area contributed by atoms with Crippen molar-refractivity contribution >= 4 is 17.2 Å². The predicted octanol–water partition coefficient (Wildman–Crippen LogP) is 1.72. The predicted molar refractivity (Wildman–Crippen MR) is 43.6 cm³/mol. The first kappa shape index (κ1) is 7.00. The van der Waals surface area contributed by atoms with E-state index in [0.29, 0.717) is 5.92 Å². The molecule has 2 heteroatoms. The summed E-state index contributed by atoms with van der Waals surface area (Å²) in [5, 5.41) is 3.27. The number of hydrogen-bond acceptors (Lipinski definition) is 1. The van der Waals surface area contributed by atoms with Crippen molar-refractivity contribution in [2.45, 2.75) is 32.7 Å². The van der Waals surface area contributed by atoms with Crippen molar-refractivity contribution in [1.29, 1.82) is 0 Å². The molecule has 9 heavy (non-hydrogen) atoms. The second-order valence-corrected chi connectivity index (χ2v) is 3.87. The highest BCUT2D eigenvalue weighted by atomic mass is 32.1. The molecule has 1 N–H and O–H groups in total. The van der Waals surface area contributed by atoms with Gasteiger partial charge in [0.25, 0.3) is 0 Å². The third-order valence-corrected chi connectivity index (χ3v) is 2.45. The zero-order valence-corrected chi connectivity index (χ0v) is 7.01. The largest absolute Gasteiger partial charge is 0.374 e. The van der Waals surface area contributed by atoms with E-state index in [1.165, 1.54) is 0 Å². The molecule has 1 atom stereocenters. The fourth-order valence-electron chi connectivity index (χ4n) is 1.07. The normalized spacial score (nSPS) is 32.3. The molecular weight excluding hydrogens is 130 g/mol. The maximum absolute atomic E-state index is 5.03. The lowest BCUT2D eigenvalue weighted by molar-refractivity contribution is 0.362. The Morgan fingerprint density at radius 1 is 1.67 bits per heavy atom. The van der Waals surface area contributed by atoms with Gasteiger partial charge in [-0.2, -0.15) is 0 Å². The highest BCUT2D eigenvalue weighted by Gasteiger charge is 2.33. The minimum absolute atomic E-state index is 0.233. The van der Waals surface area contributed by atoms with Crippen LogP contribution in [0.1, 0.15) is 27.2 Å². The maximum Gasteiger partial charge on any atom is 0.0761 e. The Kier molecular flexibility index (Phi) is 1.51. The van der Waals surface area contributed by atoms with Crippen molar-refractivity contribution in [1.82, 2.24) is 5.32 Å².